The normalized spacial score (nSPS) is 12.2. The third-order valence-electron chi connectivity index (χ3n) is 2.87. The summed E-state index contributed by atoms with van der Waals surface area (Å²) in [5, 5.41) is 9.57. The topological polar surface area (TPSA) is 49.8 Å². The molecular weight excluding hydrogens is 266 g/mol. The van der Waals surface area contributed by atoms with Crippen LogP contribution in [0.1, 0.15) is 25.5 Å². The van der Waals surface area contributed by atoms with Crippen molar-refractivity contribution in [3.05, 3.63) is 55.1 Å². The molecule has 4 nitrogen and oxygen atoms in total. The van der Waals surface area contributed by atoms with Crippen LogP contribution in [0.25, 0.3) is 0 Å². The van der Waals surface area contributed by atoms with E-state index in [4.69, 9.17) is 4.74 Å². The Balaban J connectivity index is 3.11. The van der Waals surface area contributed by atoms with Crippen LogP contribution in [0.5, 0.6) is 5.75 Å². The van der Waals surface area contributed by atoms with Crippen LogP contribution in [0, 0.1) is 0 Å². The van der Waals surface area contributed by atoms with Gasteiger partial charge < -0.3 is 9.84 Å². The standard InChI is InChI=1S/C17H23NO3/c1-5-10-18(11-6-2)16(17(19)20)14-8-7-9-15(12-14)21-13(3)4/h5-9,12-13,16H,1-2,10-11H2,3-4H3,(H,19,20). The molecule has 1 N–H and O–H groups in total. The third kappa shape index (κ3) is 5.08. The zero-order valence-corrected chi connectivity index (χ0v) is 12.7. The number of carbonyl (C=O) groups is 1. The average Bonchev–Trinajstić information content (AvgIpc) is 2.38. The number of carboxylic acids is 1. The van der Waals surface area contributed by atoms with E-state index in [-0.39, 0.29) is 6.10 Å². The summed E-state index contributed by atoms with van der Waals surface area (Å²) in [5.41, 5.74) is 0.685. The largest absolute Gasteiger partial charge is 0.491 e. The number of hydrogen-bond acceptors (Lipinski definition) is 3. The van der Waals surface area contributed by atoms with Gasteiger partial charge in [0.1, 0.15) is 11.8 Å². The van der Waals surface area contributed by atoms with Crippen LogP contribution in [-0.2, 0) is 4.79 Å². The molecule has 0 bridgehead atoms. The summed E-state index contributed by atoms with van der Waals surface area (Å²) < 4.78 is 5.63. The van der Waals surface area contributed by atoms with Gasteiger partial charge in [0.25, 0.3) is 0 Å². The van der Waals surface area contributed by atoms with E-state index in [2.05, 4.69) is 13.2 Å². The van der Waals surface area contributed by atoms with Crippen LogP contribution in [-0.4, -0.2) is 35.2 Å². The lowest BCUT2D eigenvalue weighted by atomic mass is 10.0. The molecule has 0 saturated heterocycles. The fraction of sp³-hybridized carbons (Fsp3) is 0.353. The van der Waals surface area contributed by atoms with Crippen molar-refractivity contribution in [1.82, 2.24) is 4.90 Å². The Morgan fingerprint density at radius 1 is 1.33 bits per heavy atom. The highest BCUT2D eigenvalue weighted by Gasteiger charge is 2.26. The van der Waals surface area contributed by atoms with Crippen LogP contribution in [0.3, 0.4) is 0 Å². The monoisotopic (exact) mass is 289 g/mol. The SMILES string of the molecule is C=CCN(CC=C)C(C(=O)O)c1cccc(OC(C)C)c1. The maximum Gasteiger partial charge on any atom is 0.325 e. The van der Waals surface area contributed by atoms with Gasteiger partial charge in [0, 0.05) is 13.1 Å². The first-order valence-corrected chi connectivity index (χ1v) is 6.94. The van der Waals surface area contributed by atoms with Gasteiger partial charge in [0.15, 0.2) is 0 Å². The first-order chi connectivity index (χ1) is 9.99. The second-order valence-corrected chi connectivity index (χ2v) is 5.01. The maximum absolute atomic E-state index is 11.7. The number of nitrogens with zero attached hydrogens (tertiary/aromatic N) is 1. The minimum absolute atomic E-state index is 0.0426. The van der Waals surface area contributed by atoms with Gasteiger partial charge in [-0.2, -0.15) is 0 Å². The second-order valence-electron chi connectivity index (χ2n) is 5.01. The average molecular weight is 289 g/mol. The Hall–Kier alpha value is -2.07. The lowest BCUT2D eigenvalue weighted by Crippen LogP contribution is -2.34. The van der Waals surface area contributed by atoms with Gasteiger partial charge in [-0.3, -0.25) is 9.69 Å². The van der Waals surface area contributed by atoms with Crippen molar-refractivity contribution >= 4 is 5.97 Å². The summed E-state index contributed by atoms with van der Waals surface area (Å²) in [7, 11) is 0. The van der Waals surface area contributed by atoms with Crippen LogP contribution in [0.15, 0.2) is 49.6 Å². The van der Waals surface area contributed by atoms with E-state index >= 15 is 0 Å². The molecule has 0 aliphatic carbocycles. The zero-order valence-electron chi connectivity index (χ0n) is 12.7. The highest BCUT2D eigenvalue weighted by Crippen LogP contribution is 2.25. The molecule has 0 fully saturated rings. The number of rotatable bonds is 9. The zero-order chi connectivity index (χ0) is 15.8. The first-order valence-electron chi connectivity index (χ1n) is 6.94. The van der Waals surface area contributed by atoms with Crippen molar-refractivity contribution in [2.45, 2.75) is 26.0 Å². The molecule has 1 atom stereocenters. The Kier molecular flexibility index (Phi) is 6.69. The van der Waals surface area contributed by atoms with E-state index in [1.165, 1.54) is 0 Å². The van der Waals surface area contributed by atoms with Crippen LogP contribution < -0.4 is 4.74 Å². The highest BCUT2D eigenvalue weighted by molar-refractivity contribution is 5.75. The van der Waals surface area contributed by atoms with E-state index in [1.807, 2.05) is 26.0 Å². The molecule has 1 rings (SSSR count). The molecule has 114 valence electrons. The van der Waals surface area contributed by atoms with Crippen molar-refractivity contribution in [3.63, 3.8) is 0 Å². The third-order valence-corrected chi connectivity index (χ3v) is 2.87. The van der Waals surface area contributed by atoms with Gasteiger partial charge >= 0.3 is 5.97 Å². The smallest absolute Gasteiger partial charge is 0.325 e. The molecule has 4 heteroatoms. The molecule has 1 aromatic carbocycles. The number of hydrogen-bond donors (Lipinski definition) is 1. The number of ether oxygens (including phenoxy) is 1. The van der Waals surface area contributed by atoms with Gasteiger partial charge in [0.2, 0.25) is 0 Å². The molecule has 0 aliphatic heterocycles. The summed E-state index contributed by atoms with van der Waals surface area (Å²) in [6.45, 7) is 12.2. The Labute approximate surface area is 126 Å². The molecule has 0 radical (unpaired) electrons. The number of aliphatic carboxylic acids is 1. The van der Waals surface area contributed by atoms with E-state index in [1.54, 1.807) is 29.2 Å². The molecule has 1 aromatic rings. The van der Waals surface area contributed by atoms with Gasteiger partial charge in [-0.1, -0.05) is 24.3 Å². The summed E-state index contributed by atoms with van der Waals surface area (Å²) in [5.74, 6) is -0.230. The fourth-order valence-electron chi connectivity index (χ4n) is 2.16. The van der Waals surface area contributed by atoms with Crippen LogP contribution in [0.2, 0.25) is 0 Å². The Bertz CT molecular complexity index is 487. The first kappa shape index (κ1) is 17.0. The second kappa shape index (κ2) is 8.27. The minimum atomic E-state index is -0.902. The van der Waals surface area contributed by atoms with Crippen LogP contribution in [0.4, 0.5) is 0 Å². The minimum Gasteiger partial charge on any atom is -0.491 e. The van der Waals surface area contributed by atoms with Gasteiger partial charge in [-0.05, 0) is 31.5 Å². The predicted molar refractivity (Wildman–Crippen MR) is 84.5 cm³/mol. The molecule has 0 aromatic heterocycles. The molecule has 1 unspecified atom stereocenters. The lowest BCUT2D eigenvalue weighted by molar-refractivity contribution is -0.143. The molecule has 21 heavy (non-hydrogen) atoms. The molecule has 0 heterocycles. The van der Waals surface area contributed by atoms with E-state index in [9.17, 15) is 9.90 Å². The summed E-state index contributed by atoms with van der Waals surface area (Å²) in [4.78, 5) is 13.5. The summed E-state index contributed by atoms with van der Waals surface area (Å²) >= 11 is 0. The summed E-state index contributed by atoms with van der Waals surface area (Å²) in [6, 6.07) is 6.46. The van der Waals surface area contributed by atoms with E-state index in [0.717, 1.165) is 0 Å². The summed E-state index contributed by atoms with van der Waals surface area (Å²) in [6.07, 6.45) is 3.42. The molecule has 0 aliphatic rings. The molecular formula is C17H23NO3. The number of benzene rings is 1. The van der Waals surface area contributed by atoms with E-state index in [0.29, 0.717) is 24.4 Å². The van der Waals surface area contributed by atoms with Crippen LogP contribution >= 0.6 is 0 Å². The van der Waals surface area contributed by atoms with Gasteiger partial charge in [-0.15, -0.1) is 13.2 Å². The van der Waals surface area contributed by atoms with E-state index < -0.39 is 12.0 Å². The molecule has 0 amide bonds. The van der Waals surface area contributed by atoms with Crippen molar-refractivity contribution in [2.75, 3.05) is 13.1 Å². The van der Waals surface area contributed by atoms with Gasteiger partial charge in [-0.25, -0.2) is 0 Å². The predicted octanol–water partition coefficient (Wildman–Crippen LogP) is 3.27. The Morgan fingerprint density at radius 3 is 2.43 bits per heavy atom. The van der Waals surface area contributed by atoms with Crippen molar-refractivity contribution in [2.24, 2.45) is 0 Å². The fourth-order valence-corrected chi connectivity index (χ4v) is 2.16. The number of carboxylic acid groups (broad SMARTS) is 1. The van der Waals surface area contributed by atoms with Crippen molar-refractivity contribution < 1.29 is 14.6 Å². The maximum atomic E-state index is 11.7. The molecule has 0 saturated carbocycles. The van der Waals surface area contributed by atoms with Crippen molar-refractivity contribution in [3.8, 4) is 5.75 Å². The Morgan fingerprint density at radius 2 is 1.95 bits per heavy atom. The van der Waals surface area contributed by atoms with Gasteiger partial charge in [0.05, 0.1) is 6.10 Å². The molecule has 0 spiro atoms. The van der Waals surface area contributed by atoms with Crippen molar-refractivity contribution in [1.29, 1.82) is 0 Å². The lowest BCUT2D eigenvalue weighted by Gasteiger charge is -2.27. The highest BCUT2D eigenvalue weighted by atomic mass is 16.5. The quantitative estimate of drug-likeness (QED) is 0.709.